The molecule has 0 atom stereocenters. The van der Waals surface area contributed by atoms with Gasteiger partial charge in [-0.15, -0.1) is 0 Å². The molecule has 1 aromatic carbocycles. The molecule has 0 aromatic heterocycles. The normalized spacial score (nSPS) is 8.55. The molecule has 0 amide bonds. The van der Waals surface area contributed by atoms with Crippen LogP contribution in [0.3, 0.4) is 0 Å². The first-order valence-corrected chi connectivity index (χ1v) is 3.73. The minimum atomic E-state index is -0.833. The molecule has 0 fully saturated rings. The van der Waals surface area contributed by atoms with E-state index in [-0.39, 0.29) is 0 Å². The number of hydrogen-bond donors (Lipinski definition) is 2. The Morgan fingerprint density at radius 1 is 1.55 bits per heavy atom. The van der Waals surface area contributed by atoms with E-state index in [1.165, 1.54) is 0 Å². The second-order valence-corrected chi connectivity index (χ2v) is 1.86. The van der Waals surface area contributed by atoms with Crippen molar-refractivity contribution < 1.29 is 9.46 Å². The maximum atomic E-state index is 8.46. The zero-order valence-electron chi connectivity index (χ0n) is 5.90. The van der Waals surface area contributed by atoms with Crippen molar-refractivity contribution in [3.05, 3.63) is 35.9 Å². The summed E-state index contributed by atoms with van der Waals surface area (Å²) >= 11 is 0. The molecule has 0 aliphatic heterocycles. The Labute approximate surface area is 67.1 Å². The quantitative estimate of drug-likeness (QED) is 0.621. The van der Waals surface area contributed by atoms with Crippen LogP contribution in [0.1, 0.15) is 5.56 Å². The highest BCUT2D eigenvalue weighted by atomic mass is 31.1. The second kappa shape index (κ2) is 7.35. The summed E-state index contributed by atoms with van der Waals surface area (Å²) in [5, 5.41) is 0. The number of nitrogens with two attached hydrogens (primary N) is 1. The van der Waals surface area contributed by atoms with Crippen molar-refractivity contribution in [2.24, 2.45) is 5.73 Å². The molecule has 0 unspecified atom stereocenters. The summed E-state index contributed by atoms with van der Waals surface area (Å²) in [5.74, 6) is 0. The highest BCUT2D eigenvalue weighted by molar-refractivity contribution is 7.16. The van der Waals surface area contributed by atoms with E-state index in [0.29, 0.717) is 6.54 Å². The van der Waals surface area contributed by atoms with Crippen molar-refractivity contribution >= 4 is 8.69 Å². The van der Waals surface area contributed by atoms with Gasteiger partial charge in [0, 0.05) is 6.54 Å². The minimum absolute atomic E-state index is 0.620. The lowest BCUT2D eigenvalue weighted by molar-refractivity contribution is 0.524. The van der Waals surface area contributed by atoms with E-state index in [1.54, 1.807) is 0 Å². The summed E-state index contributed by atoms with van der Waals surface area (Å²) in [7, 11) is -0.833. The standard InChI is InChI=1S/C7H8N.HO2P/c8-6-7-4-2-1-3-5-7;1-3-2/h2-5H,6,8H2;(H,1,2). The zero-order valence-corrected chi connectivity index (χ0v) is 6.79. The summed E-state index contributed by atoms with van der Waals surface area (Å²) in [6.45, 7) is 0.620. The van der Waals surface area contributed by atoms with Crippen molar-refractivity contribution in [1.29, 1.82) is 0 Å². The van der Waals surface area contributed by atoms with Gasteiger partial charge in [-0.05, 0) is 11.6 Å². The molecule has 1 aromatic rings. The van der Waals surface area contributed by atoms with Gasteiger partial charge in [0.15, 0.2) is 0 Å². The molecule has 3 nitrogen and oxygen atoms in total. The lowest BCUT2D eigenvalue weighted by Crippen LogP contribution is -1.94. The van der Waals surface area contributed by atoms with Gasteiger partial charge >= 0.3 is 8.69 Å². The predicted molar refractivity (Wildman–Crippen MR) is 43.0 cm³/mol. The summed E-state index contributed by atoms with van der Waals surface area (Å²) < 4.78 is 8.46. The van der Waals surface area contributed by atoms with Gasteiger partial charge in [-0.1, -0.05) is 24.3 Å². The lowest BCUT2D eigenvalue weighted by atomic mass is 10.2. The fourth-order valence-corrected chi connectivity index (χ4v) is 0.557. The van der Waals surface area contributed by atoms with Gasteiger partial charge < -0.3 is 10.6 Å². The highest BCUT2D eigenvalue weighted by Gasteiger charge is 1.80. The summed E-state index contributed by atoms with van der Waals surface area (Å²) in [5.41, 5.74) is 6.49. The van der Waals surface area contributed by atoms with E-state index in [2.05, 4.69) is 6.07 Å². The van der Waals surface area contributed by atoms with Crippen LogP contribution in [-0.4, -0.2) is 4.89 Å². The number of rotatable bonds is 1. The Balaban J connectivity index is 0.000000292. The summed E-state index contributed by atoms with van der Waals surface area (Å²) in [6.07, 6.45) is 0. The Bertz CT molecular complexity index is 191. The van der Waals surface area contributed by atoms with Crippen molar-refractivity contribution in [2.45, 2.75) is 6.54 Å². The monoisotopic (exact) mass is 170 g/mol. The average Bonchev–Trinajstić information content (AvgIpc) is 2.08. The molecule has 4 heteroatoms. The first-order chi connectivity index (χ1) is 5.35. The fourth-order valence-electron chi connectivity index (χ4n) is 0.557. The maximum absolute atomic E-state index is 8.46. The van der Waals surface area contributed by atoms with Gasteiger partial charge in [-0.25, -0.2) is 4.57 Å². The molecule has 0 aliphatic carbocycles. The fraction of sp³-hybridized carbons (Fsp3) is 0.143. The molecule has 0 spiro atoms. The number of hydrogen-bond acceptors (Lipinski definition) is 2. The van der Waals surface area contributed by atoms with Crippen LogP contribution in [0.15, 0.2) is 24.3 Å². The summed E-state index contributed by atoms with van der Waals surface area (Å²) in [6, 6.07) is 10.6. The molecule has 0 saturated carbocycles. The van der Waals surface area contributed by atoms with Crippen LogP contribution in [0.25, 0.3) is 0 Å². The van der Waals surface area contributed by atoms with Gasteiger partial charge in [0.1, 0.15) is 0 Å². The van der Waals surface area contributed by atoms with Crippen molar-refractivity contribution in [3.63, 3.8) is 0 Å². The maximum Gasteiger partial charge on any atom is 0.324 e. The topological polar surface area (TPSA) is 63.3 Å². The molecule has 0 aliphatic rings. The van der Waals surface area contributed by atoms with E-state index in [4.69, 9.17) is 15.2 Å². The van der Waals surface area contributed by atoms with Crippen LogP contribution in [0.5, 0.6) is 0 Å². The van der Waals surface area contributed by atoms with E-state index in [9.17, 15) is 0 Å². The van der Waals surface area contributed by atoms with Gasteiger partial charge in [0.05, 0.1) is 0 Å². The third-order valence-corrected chi connectivity index (χ3v) is 1.02. The third kappa shape index (κ3) is 5.67. The van der Waals surface area contributed by atoms with E-state index >= 15 is 0 Å². The molecule has 3 N–H and O–H groups in total. The third-order valence-electron chi connectivity index (χ3n) is 1.02. The molecule has 0 saturated heterocycles. The Hall–Kier alpha value is -0.760. The van der Waals surface area contributed by atoms with Crippen LogP contribution < -0.4 is 5.73 Å². The highest BCUT2D eigenvalue weighted by Crippen LogP contribution is 1.93. The first kappa shape index (κ1) is 10.2. The minimum Gasteiger partial charge on any atom is -0.326 e. The Morgan fingerprint density at radius 2 is 2.00 bits per heavy atom. The average molecular weight is 170 g/mol. The van der Waals surface area contributed by atoms with Gasteiger partial charge in [-0.3, -0.25) is 0 Å². The summed E-state index contributed by atoms with van der Waals surface area (Å²) in [4.78, 5) is 6.99. The zero-order chi connectivity index (χ0) is 8.53. The molecule has 11 heavy (non-hydrogen) atoms. The predicted octanol–water partition coefficient (Wildman–Crippen LogP) is 1.13. The Kier molecular flexibility index (Phi) is 6.84. The van der Waals surface area contributed by atoms with Crippen LogP contribution >= 0.6 is 8.69 Å². The van der Waals surface area contributed by atoms with Crippen LogP contribution in [0.4, 0.5) is 0 Å². The Morgan fingerprint density at radius 3 is 2.27 bits per heavy atom. The first-order valence-electron chi connectivity index (χ1n) is 2.97. The van der Waals surface area contributed by atoms with Gasteiger partial charge in [0.25, 0.3) is 0 Å². The molecule has 1 radical (unpaired) electrons. The smallest absolute Gasteiger partial charge is 0.324 e. The van der Waals surface area contributed by atoms with Gasteiger partial charge in [-0.2, -0.15) is 0 Å². The largest absolute Gasteiger partial charge is 0.326 e. The van der Waals surface area contributed by atoms with Crippen molar-refractivity contribution in [2.75, 3.05) is 0 Å². The molecule has 59 valence electrons. The van der Waals surface area contributed by atoms with Gasteiger partial charge in [0.2, 0.25) is 0 Å². The van der Waals surface area contributed by atoms with Crippen LogP contribution in [0, 0.1) is 6.07 Å². The molecular weight excluding hydrogens is 161 g/mol. The van der Waals surface area contributed by atoms with E-state index in [1.807, 2.05) is 24.3 Å². The number of benzene rings is 1. The van der Waals surface area contributed by atoms with Crippen molar-refractivity contribution in [3.8, 4) is 0 Å². The molecular formula is C7H9NO2P. The van der Waals surface area contributed by atoms with Crippen LogP contribution in [-0.2, 0) is 11.1 Å². The second-order valence-electron chi connectivity index (χ2n) is 1.69. The lowest BCUT2D eigenvalue weighted by Gasteiger charge is -1.89. The van der Waals surface area contributed by atoms with E-state index in [0.717, 1.165) is 5.56 Å². The van der Waals surface area contributed by atoms with Crippen molar-refractivity contribution in [1.82, 2.24) is 0 Å². The molecule has 0 heterocycles. The van der Waals surface area contributed by atoms with E-state index < -0.39 is 8.69 Å². The molecule has 0 bridgehead atoms. The SMILES string of the molecule is NCc1cc[c]cc1.O=PO. The van der Waals surface area contributed by atoms with Crippen LogP contribution in [0.2, 0.25) is 0 Å². The molecule has 1 rings (SSSR count).